The fourth-order valence-corrected chi connectivity index (χ4v) is 4.79. The van der Waals surface area contributed by atoms with Gasteiger partial charge in [0.15, 0.2) is 0 Å². The van der Waals surface area contributed by atoms with Crippen LogP contribution >= 0.6 is 0 Å². The summed E-state index contributed by atoms with van der Waals surface area (Å²) in [7, 11) is 0. The first-order valence-electron chi connectivity index (χ1n) is 10.1. The van der Waals surface area contributed by atoms with E-state index in [1.807, 2.05) is 0 Å². The first-order chi connectivity index (χ1) is 12.3. The third-order valence-electron chi connectivity index (χ3n) is 6.27. The van der Waals surface area contributed by atoms with Crippen LogP contribution in [0.2, 0.25) is 0 Å². The Morgan fingerprint density at radius 3 is 2.52 bits per heavy atom. The molecule has 3 aliphatic rings. The molecule has 2 N–H and O–H groups in total. The number of nitrogens with one attached hydrogen (secondary N) is 2. The van der Waals surface area contributed by atoms with Gasteiger partial charge in [0, 0.05) is 19.1 Å². The number of carbonyl (C=O) groups excluding carboxylic acids is 1. The molecule has 3 fully saturated rings. The van der Waals surface area contributed by atoms with E-state index < -0.39 is 0 Å². The van der Waals surface area contributed by atoms with E-state index >= 15 is 0 Å². The number of rotatable bonds is 5. The summed E-state index contributed by atoms with van der Waals surface area (Å²) in [5, 5.41) is 6.69. The van der Waals surface area contributed by atoms with Gasteiger partial charge in [-0.05, 0) is 62.2 Å². The molecule has 0 bridgehead atoms. The minimum Gasteiger partial charge on any atom is -0.351 e. The second-order valence-corrected chi connectivity index (χ2v) is 8.12. The Kier molecular flexibility index (Phi) is 5.37. The molecular weight excluding hydrogens is 310 g/mol. The SMILES string of the molecule is O=C(NCc1ccc(CN2CCCC2)cc1)C1CC2CCCCC2N1. The molecule has 1 saturated carbocycles. The molecule has 2 heterocycles. The van der Waals surface area contributed by atoms with Crippen LogP contribution in [-0.4, -0.2) is 36.0 Å². The molecule has 136 valence electrons. The zero-order valence-corrected chi connectivity index (χ0v) is 15.2. The highest BCUT2D eigenvalue weighted by Crippen LogP contribution is 2.33. The molecule has 2 saturated heterocycles. The van der Waals surface area contributed by atoms with Gasteiger partial charge in [-0.25, -0.2) is 0 Å². The van der Waals surface area contributed by atoms with Gasteiger partial charge in [-0.3, -0.25) is 9.69 Å². The lowest BCUT2D eigenvalue weighted by Gasteiger charge is -2.24. The normalized spacial score (nSPS) is 29.5. The number of amides is 1. The van der Waals surface area contributed by atoms with Gasteiger partial charge < -0.3 is 10.6 Å². The number of fused-ring (bicyclic) bond motifs is 1. The summed E-state index contributed by atoms with van der Waals surface area (Å²) < 4.78 is 0. The molecule has 4 heteroatoms. The molecule has 1 aromatic carbocycles. The van der Waals surface area contributed by atoms with Crippen LogP contribution in [0.25, 0.3) is 0 Å². The maximum Gasteiger partial charge on any atom is 0.237 e. The minimum atomic E-state index is 0.0162. The van der Waals surface area contributed by atoms with E-state index in [-0.39, 0.29) is 11.9 Å². The highest BCUT2D eigenvalue weighted by molar-refractivity contribution is 5.82. The highest BCUT2D eigenvalue weighted by Gasteiger charge is 2.37. The lowest BCUT2D eigenvalue weighted by molar-refractivity contribution is -0.123. The van der Waals surface area contributed by atoms with Crippen LogP contribution in [0.5, 0.6) is 0 Å². The lowest BCUT2D eigenvalue weighted by Crippen LogP contribution is -2.42. The van der Waals surface area contributed by atoms with Gasteiger partial charge in [-0.15, -0.1) is 0 Å². The van der Waals surface area contributed by atoms with Gasteiger partial charge >= 0.3 is 0 Å². The average Bonchev–Trinajstić information content (AvgIpc) is 3.30. The van der Waals surface area contributed by atoms with Crippen molar-refractivity contribution in [3.63, 3.8) is 0 Å². The summed E-state index contributed by atoms with van der Waals surface area (Å²) in [6.07, 6.45) is 8.87. The fraction of sp³-hybridized carbons (Fsp3) is 0.667. The average molecular weight is 341 g/mol. The van der Waals surface area contributed by atoms with Gasteiger partial charge in [-0.2, -0.15) is 0 Å². The van der Waals surface area contributed by atoms with Crippen molar-refractivity contribution in [3.05, 3.63) is 35.4 Å². The Balaban J connectivity index is 1.24. The van der Waals surface area contributed by atoms with Crippen molar-refractivity contribution >= 4 is 5.91 Å². The van der Waals surface area contributed by atoms with E-state index in [2.05, 4.69) is 39.8 Å². The molecule has 2 aliphatic heterocycles. The number of hydrogen-bond donors (Lipinski definition) is 2. The van der Waals surface area contributed by atoms with Crippen LogP contribution < -0.4 is 10.6 Å². The first kappa shape index (κ1) is 17.0. The summed E-state index contributed by atoms with van der Waals surface area (Å²) in [4.78, 5) is 15.0. The van der Waals surface area contributed by atoms with E-state index in [1.165, 1.54) is 62.7 Å². The smallest absolute Gasteiger partial charge is 0.237 e. The Labute approximate surface area is 151 Å². The van der Waals surface area contributed by atoms with Crippen LogP contribution in [0.4, 0.5) is 0 Å². The number of likely N-dealkylation sites (tertiary alicyclic amines) is 1. The molecule has 1 aliphatic carbocycles. The monoisotopic (exact) mass is 341 g/mol. The Bertz CT molecular complexity index is 565. The van der Waals surface area contributed by atoms with E-state index in [1.54, 1.807) is 0 Å². The molecule has 0 aromatic heterocycles. The van der Waals surface area contributed by atoms with Crippen LogP contribution in [0.1, 0.15) is 56.1 Å². The second kappa shape index (κ2) is 7.88. The molecule has 3 unspecified atom stereocenters. The van der Waals surface area contributed by atoms with Crippen molar-refractivity contribution in [2.24, 2.45) is 5.92 Å². The Hall–Kier alpha value is -1.39. The molecule has 1 amide bonds. The molecule has 4 nitrogen and oxygen atoms in total. The summed E-state index contributed by atoms with van der Waals surface area (Å²) in [6.45, 7) is 4.15. The highest BCUT2D eigenvalue weighted by atomic mass is 16.2. The minimum absolute atomic E-state index is 0.0162. The van der Waals surface area contributed by atoms with E-state index in [0.29, 0.717) is 12.6 Å². The van der Waals surface area contributed by atoms with Crippen molar-refractivity contribution < 1.29 is 4.79 Å². The summed E-state index contributed by atoms with van der Waals surface area (Å²) in [6, 6.07) is 9.34. The fourth-order valence-electron chi connectivity index (χ4n) is 4.79. The third kappa shape index (κ3) is 4.24. The molecule has 25 heavy (non-hydrogen) atoms. The topological polar surface area (TPSA) is 44.4 Å². The van der Waals surface area contributed by atoms with Gasteiger partial charge in [0.25, 0.3) is 0 Å². The van der Waals surface area contributed by atoms with Gasteiger partial charge in [-0.1, -0.05) is 37.1 Å². The van der Waals surface area contributed by atoms with Crippen molar-refractivity contribution in [3.8, 4) is 0 Å². The van der Waals surface area contributed by atoms with E-state index in [4.69, 9.17) is 0 Å². The summed E-state index contributed by atoms with van der Waals surface area (Å²) >= 11 is 0. The maximum absolute atomic E-state index is 12.5. The van der Waals surface area contributed by atoms with Crippen LogP contribution in [0.3, 0.4) is 0 Å². The number of hydrogen-bond acceptors (Lipinski definition) is 3. The first-order valence-corrected chi connectivity index (χ1v) is 10.1. The predicted molar refractivity (Wildman–Crippen MR) is 100 cm³/mol. The predicted octanol–water partition coefficient (Wildman–Crippen LogP) is 2.82. The standard InChI is InChI=1S/C21H31N3O/c25-21(20-13-18-5-1-2-6-19(18)23-20)22-14-16-7-9-17(10-8-16)15-24-11-3-4-12-24/h7-10,18-20,23H,1-6,11-15H2,(H,22,25). The third-order valence-corrected chi connectivity index (χ3v) is 6.27. The van der Waals surface area contributed by atoms with Crippen molar-refractivity contribution in [2.45, 2.75) is 70.1 Å². The van der Waals surface area contributed by atoms with Crippen LogP contribution in [0, 0.1) is 5.92 Å². The molecule has 1 aromatic rings. The van der Waals surface area contributed by atoms with Crippen molar-refractivity contribution in [1.29, 1.82) is 0 Å². The van der Waals surface area contributed by atoms with Crippen LogP contribution in [0.15, 0.2) is 24.3 Å². The van der Waals surface area contributed by atoms with Crippen molar-refractivity contribution in [2.75, 3.05) is 13.1 Å². The van der Waals surface area contributed by atoms with Crippen molar-refractivity contribution in [1.82, 2.24) is 15.5 Å². The lowest BCUT2D eigenvalue weighted by atomic mass is 9.85. The van der Waals surface area contributed by atoms with Gasteiger partial charge in [0.1, 0.15) is 0 Å². The molecule has 3 atom stereocenters. The zero-order valence-electron chi connectivity index (χ0n) is 15.2. The van der Waals surface area contributed by atoms with E-state index in [0.717, 1.165) is 18.9 Å². The second-order valence-electron chi connectivity index (χ2n) is 8.12. The maximum atomic E-state index is 12.5. The molecule has 0 spiro atoms. The van der Waals surface area contributed by atoms with Gasteiger partial charge in [0.2, 0.25) is 5.91 Å². The van der Waals surface area contributed by atoms with Gasteiger partial charge in [0.05, 0.1) is 6.04 Å². The quantitative estimate of drug-likeness (QED) is 0.866. The summed E-state index contributed by atoms with van der Waals surface area (Å²) in [5.41, 5.74) is 2.56. The number of nitrogens with zero attached hydrogens (tertiary/aromatic N) is 1. The van der Waals surface area contributed by atoms with Crippen LogP contribution in [-0.2, 0) is 17.9 Å². The summed E-state index contributed by atoms with van der Waals surface area (Å²) in [5.74, 6) is 0.893. The molecule has 4 rings (SSSR count). The zero-order chi connectivity index (χ0) is 17.1. The largest absolute Gasteiger partial charge is 0.351 e. The number of carbonyl (C=O) groups is 1. The molecule has 0 radical (unpaired) electrons. The van der Waals surface area contributed by atoms with E-state index in [9.17, 15) is 4.79 Å². The Morgan fingerprint density at radius 2 is 1.76 bits per heavy atom. The Morgan fingerprint density at radius 1 is 1.04 bits per heavy atom. The number of benzene rings is 1. The molecular formula is C21H31N3O.